The van der Waals surface area contributed by atoms with Crippen LogP contribution < -0.4 is 4.90 Å². The van der Waals surface area contributed by atoms with E-state index in [1.807, 2.05) is 19.9 Å². The van der Waals surface area contributed by atoms with Gasteiger partial charge in [0.2, 0.25) is 0 Å². The molecule has 5 heteroatoms. The third-order valence-electron chi connectivity index (χ3n) is 2.33. The van der Waals surface area contributed by atoms with Crippen LogP contribution in [-0.2, 0) is 4.79 Å². The van der Waals surface area contributed by atoms with Crippen LogP contribution in [0.2, 0.25) is 0 Å². The molecule has 0 heterocycles. The molecule has 1 rings (SSSR count). The van der Waals surface area contributed by atoms with E-state index in [2.05, 4.69) is 22.0 Å². The monoisotopic (exact) mass is 310 g/mol. The highest BCUT2D eigenvalue weighted by Gasteiger charge is 2.15. The number of carboxylic acids is 1. The van der Waals surface area contributed by atoms with Crippen molar-refractivity contribution in [2.45, 2.75) is 13.8 Å². The number of carboxylic acid groups (broad SMARTS) is 1. The maximum absolute atomic E-state index is 10.9. The molecular weight excluding hydrogens is 296 g/mol. The summed E-state index contributed by atoms with van der Waals surface area (Å²) >= 11 is 3.30. The van der Waals surface area contributed by atoms with E-state index in [1.165, 1.54) is 0 Å². The number of nitriles is 1. The zero-order chi connectivity index (χ0) is 13.7. The van der Waals surface area contributed by atoms with Gasteiger partial charge in [0.15, 0.2) is 0 Å². The van der Waals surface area contributed by atoms with Crippen molar-refractivity contribution in [1.29, 1.82) is 5.26 Å². The standard InChI is InChI=1S/C13H15BrN2O2/c1-9(2)7-16(8-13(17)18)12-4-3-11(14)5-10(12)6-15/h3-5,9H,7-8H2,1-2H3,(H,17,18). The quantitative estimate of drug-likeness (QED) is 0.908. The number of hydrogen-bond acceptors (Lipinski definition) is 3. The Morgan fingerprint density at radius 1 is 1.56 bits per heavy atom. The Labute approximate surface area is 115 Å². The molecule has 0 aliphatic rings. The molecule has 0 unspecified atom stereocenters. The van der Waals surface area contributed by atoms with E-state index in [-0.39, 0.29) is 6.54 Å². The number of benzene rings is 1. The number of carbonyl (C=O) groups is 1. The summed E-state index contributed by atoms with van der Waals surface area (Å²) in [5.74, 6) is -0.581. The molecule has 0 aromatic heterocycles. The zero-order valence-corrected chi connectivity index (χ0v) is 11.9. The molecule has 4 nitrogen and oxygen atoms in total. The lowest BCUT2D eigenvalue weighted by atomic mass is 10.1. The van der Waals surface area contributed by atoms with Crippen molar-refractivity contribution < 1.29 is 9.90 Å². The van der Waals surface area contributed by atoms with Gasteiger partial charge in [-0.3, -0.25) is 4.79 Å². The van der Waals surface area contributed by atoms with E-state index in [9.17, 15) is 4.79 Å². The summed E-state index contributed by atoms with van der Waals surface area (Å²) in [7, 11) is 0. The minimum Gasteiger partial charge on any atom is -0.480 e. The lowest BCUT2D eigenvalue weighted by Gasteiger charge is -2.25. The fraction of sp³-hybridized carbons (Fsp3) is 0.385. The molecule has 0 aliphatic carbocycles. The van der Waals surface area contributed by atoms with Crippen molar-refractivity contribution in [2.24, 2.45) is 5.92 Å². The highest BCUT2D eigenvalue weighted by atomic mass is 79.9. The topological polar surface area (TPSA) is 64.3 Å². The SMILES string of the molecule is CC(C)CN(CC(=O)O)c1ccc(Br)cc1C#N. The van der Waals surface area contributed by atoms with E-state index in [1.54, 1.807) is 17.0 Å². The molecule has 0 saturated heterocycles. The average Bonchev–Trinajstić information content (AvgIpc) is 2.26. The van der Waals surface area contributed by atoms with Gasteiger partial charge in [-0.2, -0.15) is 5.26 Å². The van der Waals surface area contributed by atoms with Gasteiger partial charge in [-0.1, -0.05) is 29.8 Å². The van der Waals surface area contributed by atoms with Crippen LogP contribution >= 0.6 is 15.9 Å². The molecule has 0 saturated carbocycles. The number of hydrogen-bond donors (Lipinski definition) is 1. The fourth-order valence-corrected chi connectivity index (χ4v) is 2.09. The Morgan fingerprint density at radius 2 is 2.22 bits per heavy atom. The molecule has 1 N–H and O–H groups in total. The minimum atomic E-state index is -0.901. The van der Waals surface area contributed by atoms with E-state index in [0.717, 1.165) is 4.47 Å². The summed E-state index contributed by atoms with van der Waals surface area (Å²) in [6.45, 7) is 4.52. The van der Waals surface area contributed by atoms with Gasteiger partial charge in [-0.15, -0.1) is 0 Å². The molecule has 18 heavy (non-hydrogen) atoms. The number of halogens is 1. The van der Waals surface area contributed by atoms with Crippen molar-refractivity contribution in [3.63, 3.8) is 0 Å². The van der Waals surface area contributed by atoms with Crippen LogP contribution in [0.4, 0.5) is 5.69 Å². The molecule has 0 amide bonds. The lowest BCUT2D eigenvalue weighted by molar-refractivity contribution is -0.135. The van der Waals surface area contributed by atoms with Crippen LogP contribution in [0, 0.1) is 17.2 Å². The summed E-state index contributed by atoms with van der Waals surface area (Å²) in [6, 6.07) is 7.38. The lowest BCUT2D eigenvalue weighted by Crippen LogP contribution is -2.33. The molecule has 0 fully saturated rings. The predicted molar refractivity (Wildman–Crippen MR) is 73.5 cm³/mol. The normalized spacial score (nSPS) is 10.2. The van der Waals surface area contributed by atoms with Crippen LogP contribution in [0.3, 0.4) is 0 Å². The first-order valence-electron chi connectivity index (χ1n) is 5.60. The van der Waals surface area contributed by atoms with E-state index in [0.29, 0.717) is 23.7 Å². The average molecular weight is 311 g/mol. The molecule has 0 radical (unpaired) electrons. The van der Waals surface area contributed by atoms with Gasteiger partial charge in [0.1, 0.15) is 12.6 Å². The van der Waals surface area contributed by atoms with Crippen LogP contribution in [0.15, 0.2) is 22.7 Å². The van der Waals surface area contributed by atoms with Crippen LogP contribution in [0.25, 0.3) is 0 Å². The molecule has 1 aromatic rings. The summed E-state index contributed by atoms with van der Waals surface area (Å²) in [4.78, 5) is 12.6. The van der Waals surface area contributed by atoms with Gasteiger partial charge in [-0.05, 0) is 24.1 Å². The van der Waals surface area contributed by atoms with Crippen LogP contribution in [0.5, 0.6) is 0 Å². The highest BCUT2D eigenvalue weighted by Crippen LogP contribution is 2.24. The Bertz CT molecular complexity index is 480. The summed E-state index contributed by atoms with van der Waals surface area (Å²) < 4.78 is 0.808. The van der Waals surface area contributed by atoms with E-state index < -0.39 is 5.97 Å². The van der Waals surface area contributed by atoms with E-state index >= 15 is 0 Å². The van der Waals surface area contributed by atoms with Crippen molar-refractivity contribution in [3.05, 3.63) is 28.2 Å². The van der Waals surface area contributed by atoms with Crippen molar-refractivity contribution >= 4 is 27.6 Å². The third kappa shape index (κ3) is 4.04. The first kappa shape index (κ1) is 14.5. The van der Waals surface area contributed by atoms with E-state index in [4.69, 9.17) is 10.4 Å². The fourth-order valence-electron chi connectivity index (χ4n) is 1.73. The second-order valence-corrected chi connectivity index (χ2v) is 5.36. The smallest absolute Gasteiger partial charge is 0.323 e. The van der Waals surface area contributed by atoms with Crippen molar-refractivity contribution in [2.75, 3.05) is 18.0 Å². The number of anilines is 1. The van der Waals surface area contributed by atoms with Gasteiger partial charge in [-0.25, -0.2) is 0 Å². The molecule has 0 aliphatic heterocycles. The third-order valence-corrected chi connectivity index (χ3v) is 2.82. The van der Waals surface area contributed by atoms with Gasteiger partial charge in [0, 0.05) is 11.0 Å². The summed E-state index contributed by atoms with van der Waals surface area (Å²) in [5, 5.41) is 18.1. The second kappa shape index (κ2) is 6.41. The maximum atomic E-state index is 10.9. The number of aliphatic carboxylic acids is 1. The number of nitrogens with zero attached hydrogens (tertiary/aromatic N) is 2. The van der Waals surface area contributed by atoms with Crippen molar-refractivity contribution in [3.8, 4) is 6.07 Å². The Hall–Kier alpha value is -1.54. The molecule has 1 aromatic carbocycles. The van der Waals surface area contributed by atoms with Crippen LogP contribution in [-0.4, -0.2) is 24.2 Å². The Morgan fingerprint density at radius 3 is 2.72 bits per heavy atom. The molecule has 0 atom stereocenters. The first-order chi connectivity index (χ1) is 8.43. The van der Waals surface area contributed by atoms with Gasteiger partial charge < -0.3 is 10.0 Å². The number of rotatable bonds is 5. The van der Waals surface area contributed by atoms with Gasteiger partial charge in [0.25, 0.3) is 0 Å². The maximum Gasteiger partial charge on any atom is 0.323 e. The predicted octanol–water partition coefficient (Wildman–Crippen LogP) is 2.87. The molecule has 0 spiro atoms. The van der Waals surface area contributed by atoms with Crippen molar-refractivity contribution in [1.82, 2.24) is 0 Å². The molecule has 96 valence electrons. The Balaban J connectivity index is 3.12. The van der Waals surface area contributed by atoms with Crippen LogP contribution in [0.1, 0.15) is 19.4 Å². The molecular formula is C13H15BrN2O2. The second-order valence-electron chi connectivity index (χ2n) is 4.44. The summed E-state index contributed by atoms with van der Waals surface area (Å²) in [6.07, 6.45) is 0. The summed E-state index contributed by atoms with van der Waals surface area (Å²) in [5.41, 5.74) is 1.14. The zero-order valence-electron chi connectivity index (χ0n) is 10.4. The molecule has 0 bridgehead atoms. The first-order valence-corrected chi connectivity index (χ1v) is 6.39. The highest BCUT2D eigenvalue weighted by molar-refractivity contribution is 9.10. The van der Waals surface area contributed by atoms with Gasteiger partial charge >= 0.3 is 5.97 Å². The van der Waals surface area contributed by atoms with Gasteiger partial charge in [0.05, 0.1) is 11.3 Å². The minimum absolute atomic E-state index is 0.103. The Kier molecular flexibility index (Phi) is 5.17. The largest absolute Gasteiger partial charge is 0.480 e.